The Hall–Kier alpha value is -4.67. The largest absolute Gasteiger partial charge is 0.497 e. The molecule has 1 aromatic heterocycles. The van der Waals surface area contributed by atoms with Crippen molar-refractivity contribution in [2.45, 2.75) is 29.5 Å². The van der Waals surface area contributed by atoms with Crippen LogP contribution in [0.1, 0.15) is 41.1 Å². The van der Waals surface area contributed by atoms with Gasteiger partial charge in [0.1, 0.15) is 11.6 Å². The highest BCUT2D eigenvalue weighted by molar-refractivity contribution is 8.01. The molecule has 0 spiro atoms. The molecule has 1 aliphatic carbocycles. The van der Waals surface area contributed by atoms with Crippen LogP contribution in [0.25, 0.3) is 0 Å². The predicted molar refractivity (Wildman–Crippen MR) is 154 cm³/mol. The molecular formula is C28H24N6O5S2. The van der Waals surface area contributed by atoms with E-state index in [1.54, 1.807) is 36.3 Å². The van der Waals surface area contributed by atoms with E-state index < -0.39 is 17.8 Å². The molecule has 2 aromatic carbocycles. The Bertz CT molecular complexity index is 1660. The second-order valence-electron chi connectivity index (χ2n) is 9.13. The molecule has 0 fully saturated rings. The molecule has 1 unspecified atom stereocenters. The number of carboxylic acids is 1. The number of benzene rings is 2. The molecular weight excluding hydrogens is 564 g/mol. The number of aromatic nitrogens is 2. The van der Waals surface area contributed by atoms with Crippen LogP contribution in [0.3, 0.4) is 0 Å². The third-order valence-electron chi connectivity index (χ3n) is 6.69. The van der Waals surface area contributed by atoms with Crippen molar-refractivity contribution in [1.82, 2.24) is 10.2 Å². The average Bonchev–Trinajstić information content (AvgIpc) is 3.44. The zero-order chi connectivity index (χ0) is 29.1. The molecule has 1 aliphatic heterocycles. The van der Waals surface area contributed by atoms with Crippen molar-refractivity contribution in [3.8, 4) is 11.8 Å². The highest BCUT2D eigenvalue weighted by Gasteiger charge is 2.41. The summed E-state index contributed by atoms with van der Waals surface area (Å²) in [7, 11) is 1.55. The number of ketones is 1. The molecule has 2 aliphatic rings. The third kappa shape index (κ3) is 5.52. The number of amides is 1. The zero-order valence-electron chi connectivity index (χ0n) is 21.8. The monoisotopic (exact) mass is 588 g/mol. The number of ether oxygens (including phenoxy) is 1. The second-order valence-corrected chi connectivity index (χ2v) is 11.3. The Morgan fingerprint density at radius 1 is 1.24 bits per heavy atom. The molecule has 1 atom stereocenters. The quantitative estimate of drug-likeness (QED) is 0.321. The van der Waals surface area contributed by atoms with E-state index in [0.717, 1.165) is 17.3 Å². The van der Waals surface area contributed by atoms with Gasteiger partial charge in [0.25, 0.3) is 0 Å². The normalized spacial score (nSPS) is 16.7. The maximum absolute atomic E-state index is 13.3. The van der Waals surface area contributed by atoms with E-state index in [9.17, 15) is 24.8 Å². The van der Waals surface area contributed by atoms with Crippen LogP contribution >= 0.6 is 23.1 Å². The molecule has 4 N–H and O–H groups in total. The van der Waals surface area contributed by atoms with Gasteiger partial charge in [0.05, 0.1) is 41.7 Å². The van der Waals surface area contributed by atoms with E-state index >= 15 is 0 Å². The highest BCUT2D eigenvalue weighted by atomic mass is 32.2. The first-order valence-electron chi connectivity index (χ1n) is 12.5. The Labute approximate surface area is 243 Å². The van der Waals surface area contributed by atoms with E-state index in [1.165, 1.54) is 23.5 Å². The summed E-state index contributed by atoms with van der Waals surface area (Å²) in [6.07, 6.45) is 1.56. The average molecular weight is 589 g/mol. The van der Waals surface area contributed by atoms with Gasteiger partial charge in [-0.25, -0.2) is 4.79 Å². The van der Waals surface area contributed by atoms with Crippen LogP contribution < -0.4 is 20.7 Å². The van der Waals surface area contributed by atoms with Gasteiger partial charge in [0, 0.05) is 17.7 Å². The van der Waals surface area contributed by atoms with Crippen molar-refractivity contribution in [3.05, 3.63) is 82.3 Å². The number of nitriles is 1. The summed E-state index contributed by atoms with van der Waals surface area (Å²) < 4.78 is 5.84. The molecule has 13 heteroatoms. The summed E-state index contributed by atoms with van der Waals surface area (Å²) in [6.45, 7) is 0. The summed E-state index contributed by atoms with van der Waals surface area (Å²) in [4.78, 5) is 38.9. The number of nitrogens with two attached hydrogens (primary N) is 1. The fourth-order valence-electron chi connectivity index (χ4n) is 4.90. The standard InChI is InChI=1S/C28H24N6O5S2/c1-39-16-7-4-6-15(12-16)23-18(13-29)25(30)34(20-10-5-11-21(35)24(20)23)27-32-33-28(41-27)40-14-22(36)31-19-9-3-2-8-17(19)26(37)38/h2-4,6-9,12,23H,5,10-11,14,30H2,1H3,(H,31,36)(H,37,38). The Kier molecular flexibility index (Phi) is 8.04. The molecule has 0 saturated carbocycles. The van der Waals surface area contributed by atoms with Crippen molar-refractivity contribution in [3.63, 3.8) is 0 Å². The molecule has 11 nitrogen and oxygen atoms in total. The van der Waals surface area contributed by atoms with Gasteiger partial charge in [-0.15, -0.1) is 10.2 Å². The highest BCUT2D eigenvalue weighted by Crippen LogP contribution is 2.47. The first kappa shape index (κ1) is 27.9. The summed E-state index contributed by atoms with van der Waals surface area (Å²) >= 11 is 2.30. The second kappa shape index (κ2) is 11.8. The fourth-order valence-corrected chi connectivity index (χ4v) is 6.58. The van der Waals surface area contributed by atoms with Crippen molar-refractivity contribution < 1.29 is 24.2 Å². The molecule has 5 rings (SSSR count). The number of hydrogen-bond donors (Lipinski definition) is 3. The van der Waals surface area contributed by atoms with Gasteiger partial charge < -0.3 is 20.9 Å². The lowest BCUT2D eigenvalue weighted by molar-refractivity contribution is -0.116. The van der Waals surface area contributed by atoms with Gasteiger partial charge in [-0.05, 0) is 42.7 Å². The number of anilines is 2. The van der Waals surface area contributed by atoms with Crippen molar-refractivity contribution in [2.75, 3.05) is 23.1 Å². The number of nitrogens with one attached hydrogen (secondary N) is 1. The van der Waals surface area contributed by atoms with Crippen LogP contribution in [0.4, 0.5) is 10.8 Å². The molecule has 3 aromatic rings. The lowest BCUT2D eigenvalue weighted by Crippen LogP contribution is -2.38. The van der Waals surface area contributed by atoms with E-state index in [2.05, 4.69) is 21.6 Å². The number of Topliss-reactive ketones (excluding diaryl/α,β-unsaturated/α-hetero) is 1. The minimum atomic E-state index is -1.14. The number of para-hydroxylation sites is 1. The molecule has 2 heterocycles. The molecule has 0 bridgehead atoms. The van der Waals surface area contributed by atoms with Crippen LogP contribution in [0.2, 0.25) is 0 Å². The number of methoxy groups -OCH3 is 1. The predicted octanol–water partition coefficient (Wildman–Crippen LogP) is 4.28. The maximum Gasteiger partial charge on any atom is 0.337 e. The van der Waals surface area contributed by atoms with Crippen LogP contribution in [0.15, 0.2) is 75.5 Å². The number of hydrogen-bond acceptors (Lipinski definition) is 11. The van der Waals surface area contributed by atoms with E-state index in [4.69, 9.17) is 10.5 Å². The van der Waals surface area contributed by atoms with Crippen molar-refractivity contribution >= 4 is 51.6 Å². The summed E-state index contributed by atoms with van der Waals surface area (Å²) in [6, 6.07) is 15.6. The molecule has 41 heavy (non-hydrogen) atoms. The first-order valence-corrected chi connectivity index (χ1v) is 14.3. The Balaban J connectivity index is 1.41. The van der Waals surface area contributed by atoms with Crippen LogP contribution in [0, 0.1) is 11.3 Å². The zero-order valence-corrected chi connectivity index (χ0v) is 23.4. The van der Waals surface area contributed by atoms with E-state index in [1.807, 2.05) is 12.1 Å². The van der Waals surface area contributed by atoms with Gasteiger partial charge in [-0.3, -0.25) is 14.5 Å². The maximum atomic E-state index is 13.3. The Morgan fingerprint density at radius 3 is 2.80 bits per heavy atom. The van der Waals surface area contributed by atoms with Gasteiger partial charge in [0.15, 0.2) is 10.1 Å². The number of nitrogens with zero attached hydrogens (tertiary/aromatic N) is 4. The number of allylic oxidation sites excluding steroid dienone is 3. The summed E-state index contributed by atoms with van der Waals surface area (Å²) in [5.74, 6) is -1.50. The van der Waals surface area contributed by atoms with Gasteiger partial charge in [-0.2, -0.15) is 5.26 Å². The number of rotatable bonds is 8. The topological polar surface area (TPSA) is 172 Å². The third-order valence-corrected chi connectivity index (χ3v) is 8.73. The molecule has 1 amide bonds. The fraction of sp³-hybridized carbons (Fsp3) is 0.214. The lowest BCUT2D eigenvalue weighted by atomic mass is 9.76. The van der Waals surface area contributed by atoms with Gasteiger partial charge in [-0.1, -0.05) is 47.4 Å². The SMILES string of the molecule is COc1cccc(C2C(C#N)=C(N)N(c3nnc(SCC(=O)Nc4ccccc4C(=O)O)s3)C3=C2C(=O)CCC3)c1. The number of thioether (sulfide) groups is 1. The number of carboxylic acid groups (broad SMARTS) is 1. The summed E-state index contributed by atoms with van der Waals surface area (Å²) in [5.41, 5.74) is 8.94. The van der Waals surface area contributed by atoms with Crippen LogP contribution in [-0.4, -0.2) is 45.8 Å². The van der Waals surface area contributed by atoms with Crippen molar-refractivity contribution in [1.29, 1.82) is 5.26 Å². The number of carbonyl (C=O) groups is 3. The Morgan fingerprint density at radius 2 is 2.05 bits per heavy atom. The van der Waals surface area contributed by atoms with Crippen LogP contribution in [0.5, 0.6) is 5.75 Å². The smallest absolute Gasteiger partial charge is 0.337 e. The number of aromatic carboxylic acids is 1. The molecule has 0 saturated heterocycles. The van der Waals surface area contributed by atoms with E-state index in [0.29, 0.717) is 45.8 Å². The van der Waals surface area contributed by atoms with Crippen LogP contribution in [-0.2, 0) is 9.59 Å². The summed E-state index contributed by atoms with van der Waals surface area (Å²) in [5, 5.41) is 31.0. The van der Waals surface area contributed by atoms with Gasteiger partial charge >= 0.3 is 5.97 Å². The van der Waals surface area contributed by atoms with Gasteiger partial charge in [0.2, 0.25) is 11.0 Å². The molecule has 0 radical (unpaired) electrons. The van der Waals surface area contributed by atoms with Crippen molar-refractivity contribution in [2.24, 2.45) is 5.73 Å². The molecule has 208 valence electrons. The lowest BCUT2D eigenvalue weighted by Gasteiger charge is -2.38. The first-order chi connectivity index (χ1) is 19.8. The van der Waals surface area contributed by atoms with E-state index in [-0.39, 0.29) is 34.2 Å². The minimum absolute atomic E-state index is 0.0110. The minimum Gasteiger partial charge on any atom is -0.497 e. The number of carbonyl (C=O) groups excluding carboxylic acids is 2.